The molecule has 0 saturated carbocycles. The summed E-state index contributed by atoms with van der Waals surface area (Å²) in [7, 11) is 0. The molecular formula is C13H23N3. The Bertz CT molecular complexity index is 360. The van der Waals surface area contributed by atoms with Crippen molar-refractivity contribution in [2.75, 3.05) is 0 Å². The fraction of sp³-hybridized carbons (Fsp3) is 0.769. The minimum atomic E-state index is 0.154. The average molecular weight is 221 g/mol. The standard InChI is InChI=1S/C13H23N3/c1-5-9-6-7-10-12(9)16-11(15-10)8-14-13(2,3)4/h9,14H,5-8H2,1-4H3,(H,15,16). The second-order valence-electron chi connectivity index (χ2n) is 5.79. The molecule has 2 rings (SSSR count). The minimum Gasteiger partial charge on any atom is -0.345 e. The molecule has 1 heterocycles. The van der Waals surface area contributed by atoms with Crippen molar-refractivity contribution in [2.45, 2.75) is 65.0 Å². The van der Waals surface area contributed by atoms with E-state index in [1.165, 1.54) is 30.7 Å². The van der Waals surface area contributed by atoms with Crippen LogP contribution in [0.1, 0.15) is 63.7 Å². The summed E-state index contributed by atoms with van der Waals surface area (Å²) >= 11 is 0. The van der Waals surface area contributed by atoms with Crippen molar-refractivity contribution in [1.82, 2.24) is 15.3 Å². The van der Waals surface area contributed by atoms with Crippen LogP contribution < -0.4 is 5.32 Å². The Balaban J connectivity index is 2.03. The van der Waals surface area contributed by atoms with E-state index in [1.54, 1.807) is 0 Å². The van der Waals surface area contributed by atoms with Crippen LogP contribution in [0, 0.1) is 0 Å². The highest BCUT2D eigenvalue weighted by Gasteiger charge is 2.25. The maximum atomic E-state index is 4.73. The normalized spacial score (nSPS) is 20.1. The first-order valence-electron chi connectivity index (χ1n) is 6.32. The van der Waals surface area contributed by atoms with Crippen LogP contribution in [-0.2, 0) is 13.0 Å². The van der Waals surface area contributed by atoms with E-state index in [2.05, 4.69) is 38.0 Å². The first-order valence-corrected chi connectivity index (χ1v) is 6.32. The monoisotopic (exact) mass is 221 g/mol. The molecule has 0 radical (unpaired) electrons. The van der Waals surface area contributed by atoms with Gasteiger partial charge in [-0.05, 0) is 40.0 Å². The van der Waals surface area contributed by atoms with E-state index in [1.807, 2.05) is 0 Å². The lowest BCUT2D eigenvalue weighted by atomic mass is 10.1. The zero-order valence-corrected chi connectivity index (χ0v) is 10.9. The molecule has 0 aliphatic heterocycles. The van der Waals surface area contributed by atoms with Crippen LogP contribution in [0.15, 0.2) is 0 Å². The van der Waals surface area contributed by atoms with Crippen LogP contribution in [0.5, 0.6) is 0 Å². The Morgan fingerprint density at radius 1 is 1.44 bits per heavy atom. The Morgan fingerprint density at radius 2 is 2.19 bits per heavy atom. The predicted molar refractivity (Wildman–Crippen MR) is 66.5 cm³/mol. The summed E-state index contributed by atoms with van der Waals surface area (Å²) in [5, 5.41) is 3.47. The number of aryl methyl sites for hydroxylation is 1. The van der Waals surface area contributed by atoms with E-state index in [-0.39, 0.29) is 5.54 Å². The summed E-state index contributed by atoms with van der Waals surface area (Å²) in [4.78, 5) is 8.18. The maximum absolute atomic E-state index is 4.73. The summed E-state index contributed by atoms with van der Waals surface area (Å²) in [5.41, 5.74) is 2.85. The van der Waals surface area contributed by atoms with Crippen LogP contribution in [0.25, 0.3) is 0 Å². The Kier molecular flexibility index (Phi) is 3.06. The van der Waals surface area contributed by atoms with E-state index in [4.69, 9.17) is 4.98 Å². The van der Waals surface area contributed by atoms with Gasteiger partial charge in [0.15, 0.2) is 0 Å². The van der Waals surface area contributed by atoms with Gasteiger partial charge < -0.3 is 10.3 Å². The summed E-state index contributed by atoms with van der Waals surface area (Å²) < 4.78 is 0. The molecule has 2 N–H and O–H groups in total. The average Bonchev–Trinajstić information content (AvgIpc) is 2.71. The quantitative estimate of drug-likeness (QED) is 0.824. The number of hydrogen-bond acceptors (Lipinski definition) is 2. The lowest BCUT2D eigenvalue weighted by molar-refractivity contribution is 0.418. The van der Waals surface area contributed by atoms with Gasteiger partial charge in [0.2, 0.25) is 0 Å². The summed E-state index contributed by atoms with van der Waals surface area (Å²) in [5.74, 6) is 1.78. The largest absolute Gasteiger partial charge is 0.345 e. The number of rotatable bonds is 3. The van der Waals surface area contributed by atoms with Crippen molar-refractivity contribution < 1.29 is 0 Å². The van der Waals surface area contributed by atoms with E-state index in [0.29, 0.717) is 5.92 Å². The fourth-order valence-corrected chi connectivity index (χ4v) is 2.29. The van der Waals surface area contributed by atoms with Crippen LogP contribution in [0.4, 0.5) is 0 Å². The highest BCUT2D eigenvalue weighted by Crippen LogP contribution is 2.33. The van der Waals surface area contributed by atoms with Crippen molar-refractivity contribution >= 4 is 0 Å². The van der Waals surface area contributed by atoms with E-state index in [9.17, 15) is 0 Å². The third-order valence-corrected chi connectivity index (χ3v) is 3.27. The van der Waals surface area contributed by atoms with Gasteiger partial charge in [0.1, 0.15) is 5.82 Å². The number of aromatic amines is 1. The number of hydrogen-bond donors (Lipinski definition) is 2. The van der Waals surface area contributed by atoms with Gasteiger partial charge in [-0.2, -0.15) is 0 Å². The predicted octanol–water partition coefficient (Wildman–Crippen LogP) is 2.74. The van der Waals surface area contributed by atoms with Crippen molar-refractivity contribution in [3.05, 3.63) is 17.2 Å². The molecule has 0 saturated heterocycles. The zero-order valence-electron chi connectivity index (χ0n) is 10.9. The molecule has 1 aromatic heterocycles. The third kappa shape index (κ3) is 2.46. The highest BCUT2D eigenvalue weighted by atomic mass is 15.0. The number of fused-ring (bicyclic) bond motifs is 1. The first kappa shape index (κ1) is 11.6. The molecule has 0 amide bonds. The molecule has 0 spiro atoms. The molecule has 1 atom stereocenters. The molecule has 0 fully saturated rings. The molecule has 16 heavy (non-hydrogen) atoms. The lowest BCUT2D eigenvalue weighted by Gasteiger charge is -2.19. The van der Waals surface area contributed by atoms with Gasteiger partial charge in [-0.1, -0.05) is 6.92 Å². The third-order valence-electron chi connectivity index (χ3n) is 3.27. The summed E-state index contributed by atoms with van der Waals surface area (Å²) in [6, 6.07) is 0. The first-order chi connectivity index (χ1) is 7.49. The van der Waals surface area contributed by atoms with Crippen molar-refractivity contribution in [3.8, 4) is 0 Å². The molecule has 1 aliphatic carbocycles. The lowest BCUT2D eigenvalue weighted by Crippen LogP contribution is -2.35. The van der Waals surface area contributed by atoms with Crippen molar-refractivity contribution in [2.24, 2.45) is 0 Å². The Morgan fingerprint density at radius 3 is 2.81 bits per heavy atom. The number of nitrogens with zero attached hydrogens (tertiary/aromatic N) is 1. The molecule has 3 heteroatoms. The highest BCUT2D eigenvalue weighted by molar-refractivity contribution is 5.24. The van der Waals surface area contributed by atoms with Gasteiger partial charge >= 0.3 is 0 Å². The van der Waals surface area contributed by atoms with Gasteiger partial charge in [-0.25, -0.2) is 4.98 Å². The van der Waals surface area contributed by atoms with E-state index < -0.39 is 0 Å². The van der Waals surface area contributed by atoms with Gasteiger partial charge in [-0.3, -0.25) is 0 Å². The number of aromatic nitrogens is 2. The maximum Gasteiger partial charge on any atom is 0.120 e. The molecule has 1 unspecified atom stereocenters. The summed E-state index contributed by atoms with van der Waals surface area (Å²) in [6.07, 6.45) is 3.66. The molecule has 0 aromatic carbocycles. The van der Waals surface area contributed by atoms with Crippen LogP contribution >= 0.6 is 0 Å². The van der Waals surface area contributed by atoms with E-state index >= 15 is 0 Å². The second-order valence-corrected chi connectivity index (χ2v) is 5.79. The van der Waals surface area contributed by atoms with Crippen molar-refractivity contribution in [3.63, 3.8) is 0 Å². The Labute approximate surface area is 98.1 Å². The Hall–Kier alpha value is -0.830. The van der Waals surface area contributed by atoms with Crippen LogP contribution in [-0.4, -0.2) is 15.5 Å². The molecule has 1 aliphatic rings. The zero-order chi connectivity index (χ0) is 11.8. The van der Waals surface area contributed by atoms with Gasteiger partial charge in [-0.15, -0.1) is 0 Å². The topological polar surface area (TPSA) is 40.7 Å². The minimum absolute atomic E-state index is 0.154. The molecule has 0 bridgehead atoms. The number of nitrogens with one attached hydrogen (secondary N) is 2. The fourth-order valence-electron chi connectivity index (χ4n) is 2.29. The number of H-pyrrole nitrogens is 1. The SMILES string of the molecule is CCC1CCc2[nH]c(CNC(C)(C)C)nc21. The van der Waals surface area contributed by atoms with Crippen LogP contribution in [0.3, 0.4) is 0 Å². The van der Waals surface area contributed by atoms with Crippen molar-refractivity contribution in [1.29, 1.82) is 0 Å². The summed E-state index contributed by atoms with van der Waals surface area (Å²) in [6.45, 7) is 9.63. The molecule has 90 valence electrons. The van der Waals surface area contributed by atoms with Crippen LogP contribution in [0.2, 0.25) is 0 Å². The van der Waals surface area contributed by atoms with Gasteiger partial charge in [0.05, 0.1) is 12.2 Å². The molecule has 3 nitrogen and oxygen atoms in total. The second kappa shape index (κ2) is 4.21. The molecule has 1 aromatic rings. The number of imidazole rings is 1. The van der Waals surface area contributed by atoms with Gasteiger partial charge in [0.25, 0.3) is 0 Å². The van der Waals surface area contributed by atoms with E-state index in [0.717, 1.165) is 12.4 Å². The smallest absolute Gasteiger partial charge is 0.120 e. The molecular weight excluding hydrogens is 198 g/mol. The van der Waals surface area contributed by atoms with Gasteiger partial charge in [0, 0.05) is 17.2 Å².